The third-order valence-electron chi connectivity index (χ3n) is 17.6. The quantitative estimate of drug-likeness (QED) is 0.0349. The van der Waals surface area contributed by atoms with Crippen LogP contribution in [-0.2, 0) is 47.4 Å². The maximum atomic E-state index is 13.1. The van der Waals surface area contributed by atoms with Crippen LogP contribution in [-0.4, -0.2) is 159 Å². The van der Waals surface area contributed by atoms with Crippen molar-refractivity contribution in [2.45, 2.75) is 140 Å². The van der Waals surface area contributed by atoms with E-state index in [0.29, 0.717) is 90.0 Å². The minimum absolute atomic E-state index is 0. The first-order chi connectivity index (χ1) is 41.4. The summed E-state index contributed by atoms with van der Waals surface area (Å²) >= 11 is 0. The van der Waals surface area contributed by atoms with Crippen LogP contribution in [0.5, 0.6) is 0 Å². The molecule has 2 N–H and O–H groups in total. The summed E-state index contributed by atoms with van der Waals surface area (Å²) in [5, 5.41) is 26.3. The normalized spacial score (nSPS) is 16.1. The fourth-order valence-electron chi connectivity index (χ4n) is 9.53. The van der Waals surface area contributed by atoms with Gasteiger partial charge in [-0.05, 0) is 106 Å². The predicted octanol–water partition coefficient (Wildman–Crippen LogP) is 7.48. The molecule has 0 amide bonds. The molecule has 0 spiro atoms. The first-order valence-electron chi connectivity index (χ1n) is 30.6. The van der Waals surface area contributed by atoms with Gasteiger partial charge in [-0.1, -0.05) is 107 Å². The van der Waals surface area contributed by atoms with Crippen LogP contribution in [0.1, 0.15) is 202 Å². The van der Waals surface area contributed by atoms with Gasteiger partial charge in [-0.15, -0.1) is 0 Å². The second-order valence-corrected chi connectivity index (χ2v) is 23.8. The van der Waals surface area contributed by atoms with Gasteiger partial charge in [0, 0.05) is 10.8 Å². The van der Waals surface area contributed by atoms with Gasteiger partial charge in [0.25, 0.3) is 0 Å². The van der Waals surface area contributed by atoms with Crippen molar-refractivity contribution < 1.29 is 143 Å². The number of hydrogen-bond acceptors (Lipinski definition) is 19. The van der Waals surface area contributed by atoms with Crippen molar-refractivity contribution in [1.82, 2.24) is 0 Å². The molecule has 4 aliphatic heterocycles. The molecule has 7 rings (SSSR count). The first-order valence-corrected chi connectivity index (χ1v) is 30.6. The van der Waals surface area contributed by atoms with E-state index in [9.17, 15) is 28.8 Å². The van der Waals surface area contributed by atoms with E-state index in [0.717, 1.165) is 71.3 Å². The summed E-state index contributed by atoms with van der Waals surface area (Å²) < 4.78 is 54.5. The van der Waals surface area contributed by atoms with E-state index in [1.54, 1.807) is 54.6 Å². The van der Waals surface area contributed by atoms with E-state index in [1.807, 2.05) is 27.7 Å². The molecular weight excluding hydrogens is 1160 g/mol. The summed E-state index contributed by atoms with van der Waals surface area (Å²) in [7, 11) is 0.750. The Labute approximate surface area is 565 Å². The summed E-state index contributed by atoms with van der Waals surface area (Å²) in [6.07, 6.45) is 10.5. The molecule has 0 unspecified atom stereocenters. The Bertz CT molecular complexity index is 2400. The van der Waals surface area contributed by atoms with Crippen LogP contribution >= 0.6 is 0 Å². The van der Waals surface area contributed by atoms with E-state index in [-0.39, 0.29) is 148 Å². The van der Waals surface area contributed by atoms with E-state index in [1.165, 1.54) is 18.2 Å². The van der Waals surface area contributed by atoms with Crippen molar-refractivity contribution in [3.05, 3.63) is 106 Å². The van der Waals surface area contributed by atoms with Gasteiger partial charge in [0.1, 0.15) is 39.6 Å². The summed E-state index contributed by atoms with van der Waals surface area (Å²) in [4.78, 5) is 76.4. The molecular formula is C68H101KO19. The number of ether oxygens (including phenoxy) is 10. The fraction of sp³-hybridized carbons (Fsp3) is 0.647. The van der Waals surface area contributed by atoms with Crippen molar-refractivity contribution in [2.24, 2.45) is 32.5 Å². The number of unbranched alkanes of at least 4 members (excludes halogenated alkanes) is 2. The molecule has 0 radical (unpaired) electrons. The Kier molecular flexibility index (Phi) is 36.3. The predicted molar refractivity (Wildman–Crippen MR) is 327 cm³/mol. The summed E-state index contributed by atoms with van der Waals surface area (Å²) in [6.45, 7) is 22.5. The number of esters is 6. The number of aliphatic hydroxyl groups excluding tert-OH is 2. The number of benzene rings is 3. The van der Waals surface area contributed by atoms with Gasteiger partial charge in [-0.3, -0.25) is 0 Å². The molecule has 0 aromatic heterocycles. The molecule has 4 fully saturated rings. The molecule has 0 saturated carbocycles. The van der Waals surface area contributed by atoms with Gasteiger partial charge < -0.3 is 62.7 Å². The smallest absolute Gasteiger partial charge is 0.857 e. The summed E-state index contributed by atoms with van der Waals surface area (Å²) in [6, 6.07) is 19.0. The van der Waals surface area contributed by atoms with Gasteiger partial charge in [0.15, 0.2) is 0 Å². The first kappa shape index (κ1) is 79.9. The maximum Gasteiger partial charge on any atom is 1.00 e. The van der Waals surface area contributed by atoms with Crippen LogP contribution in [0.25, 0.3) is 0 Å². The zero-order valence-electron chi connectivity index (χ0n) is 53.6. The van der Waals surface area contributed by atoms with Crippen LogP contribution < -0.4 is 56.5 Å². The molecule has 488 valence electrons. The Balaban J connectivity index is 0.000000538. The minimum Gasteiger partial charge on any atom is -0.857 e. The van der Waals surface area contributed by atoms with E-state index < -0.39 is 41.2 Å². The van der Waals surface area contributed by atoms with Crippen molar-refractivity contribution in [2.75, 3.05) is 113 Å². The van der Waals surface area contributed by atoms with Crippen LogP contribution in [0.2, 0.25) is 0 Å². The fourth-order valence-corrected chi connectivity index (χ4v) is 9.53. The summed E-state index contributed by atoms with van der Waals surface area (Å²) in [5.41, 5.74) is 0.443. The molecule has 0 aliphatic carbocycles. The van der Waals surface area contributed by atoms with E-state index >= 15 is 0 Å². The SMILES string of the molecule is C.CCC1(COC(=O)c2cccc(C(=O)OCC3(CC)COC3)c2)COC1.CCCCC(CC)(CO)CO.CCCCC(CC)(COC(=O)c1cccc(C(=O)OCC2(CC)COC2)c1)COC(=O)c1cccc(C(=O)OCC2(CC)COC2)c1.C[O-].[K+]. The Morgan fingerprint density at radius 3 is 0.830 bits per heavy atom. The molecule has 3 aromatic rings. The molecule has 4 saturated heterocycles. The molecule has 0 bridgehead atoms. The maximum absolute atomic E-state index is 13.1. The largest absolute Gasteiger partial charge is 1.00 e. The number of carbonyl (C=O) groups is 6. The van der Waals surface area contributed by atoms with Gasteiger partial charge >= 0.3 is 87.2 Å². The van der Waals surface area contributed by atoms with Crippen molar-refractivity contribution >= 4 is 35.8 Å². The molecule has 4 heterocycles. The number of carbonyl (C=O) groups excluding carboxylic acids is 6. The average molecular weight is 1260 g/mol. The van der Waals surface area contributed by atoms with Gasteiger partial charge in [-0.25, -0.2) is 28.8 Å². The monoisotopic (exact) mass is 1260 g/mol. The molecule has 4 aliphatic rings. The van der Waals surface area contributed by atoms with Gasteiger partial charge in [0.05, 0.1) is 121 Å². The Morgan fingerprint density at radius 1 is 0.420 bits per heavy atom. The summed E-state index contributed by atoms with van der Waals surface area (Å²) in [5.74, 6) is -3.04. The zero-order chi connectivity index (χ0) is 63.3. The standard InChI is InChI=1S/C37H48O10.C20H26O6.C9H20O2.CH3O.CH4.K/c1-5-9-16-35(6-2,23-44-31(38)27-12-10-14-29(17-27)33(40)46-25-36(7-3)19-42-20-36)24-45-32(39)28-13-11-15-30(18-28)34(41)47-26-37(8-4)21-43-22-37;1-3-19(9-23-10-19)13-25-17(21)15-6-5-7-16(8-15)18(22)26-14-20(4-2)11-24-12-20;1-3-5-6-9(4-2,7-10)8-11;1-2;;/h10-15,17-18H,5-9,16,19-26H2,1-4H3;5-8H,3-4,9-14H2,1-2H3;10-11H,3-8H2,1-2H3;1H3;1H4;/q;;;-1;;+1. The van der Waals surface area contributed by atoms with E-state index in [4.69, 9.17) is 62.7 Å². The Morgan fingerprint density at radius 2 is 0.648 bits per heavy atom. The number of rotatable bonds is 32. The van der Waals surface area contributed by atoms with Crippen molar-refractivity contribution in [1.29, 1.82) is 0 Å². The molecule has 88 heavy (non-hydrogen) atoms. The van der Waals surface area contributed by atoms with Crippen LogP contribution in [0, 0.1) is 32.5 Å². The van der Waals surface area contributed by atoms with Gasteiger partial charge in [0.2, 0.25) is 0 Å². The van der Waals surface area contributed by atoms with Crippen LogP contribution in [0.15, 0.2) is 72.8 Å². The van der Waals surface area contributed by atoms with E-state index in [2.05, 4.69) is 27.7 Å². The average Bonchev–Trinajstić information content (AvgIpc) is 1.39. The minimum atomic E-state index is -0.618. The topological polar surface area (TPSA) is 258 Å². The molecule has 20 heteroatoms. The van der Waals surface area contributed by atoms with Gasteiger partial charge in [-0.2, -0.15) is 7.11 Å². The van der Waals surface area contributed by atoms with Crippen LogP contribution in [0.4, 0.5) is 0 Å². The third-order valence-corrected chi connectivity index (χ3v) is 17.6. The van der Waals surface area contributed by atoms with Crippen LogP contribution in [0.3, 0.4) is 0 Å². The Hall–Kier alpha value is -4.16. The number of hydrogen-bond donors (Lipinski definition) is 2. The molecule has 3 aromatic carbocycles. The zero-order valence-corrected chi connectivity index (χ0v) is 56.7. The third kappa shape index (κ3) is 23.2. The van der Waals surface area contributed by atoms with Crippen molar-refractivity contribution in [3.8, 4) is 0 Å². The molecule has 0 atom stereocenters. The van der Waals surface area contributed by atoms with Crippen molar-refractivity contribution in [3.63, 3.8) is 0 Å². The molecule has 19 nitrogen and oxygen atoms in total. The second kappa shape index (κ2) is 40.0. The second-order valence-electron chi connectivity index (χ2n) is 23.8. The number of aliphatic hydroxyl groups is 2.